The van der Waals surface area contributed by atoms with Gasteiger partial charge in [0.05, 0.1) is 19.8 Å². The summed E-state index contributed by atoms with van der Waals surface area (Å²) in [6.45, 7) is -0.640. The van der Waals surface area contributed by atoms with Gasteiger partial charge < -0.3 is 29.9 Å². The second-order valence-electron chi connectivity index (χ2n) is 3.38. The maximum absolute atomic E-state index is 11.1. The summed E-state index contributed by atoms with van der Waals surface area (Å²) in [7, 11) is 1.06. The Morgan fingerprint density at radius 2 is 2.33 bits per heavy atom. The Labute approximate surface area is 85.9 Å². The fraction of sp³-hybridized carbons (Fsp3) is 0.875. The van der Waals surface area contributed by atoms with E-state index in [4.69, 9.17) is 9.84 Å². The monoisotopic (exact) mass is 222 g/mol. The minimum Gasteiger partial charge on any atom is -0.465 e. The first-order valence-corrected chi connectivity index (χ1v) is 4.40. The van der Waals surface area contributed by atoms with E-state index < -0.39 is 43.1 Å². The normalized spacial score (nSPS) is 37.7. The molecule has 0 amide bonds. The van der Waals surface area contributed by atoms with Crippen molar-refractivity contribution in [3.05, 3.63) is 0 Å². The number of aliphatic hydroxyl groups is 4. The average molecular weight is 222 g/mol. The zero-order valence-electron chi connectivity index (χ0n) is 8.16. The van der Waals surface area contributed by atoms with Gasteiger partial charge in [0.25, 0.3) is 5.79 Å². The van der Waals surface area contributed by atoms with Crippen molar-refractivity contribution in [2.75, 3.05) is 13.7 Å². The van der Waals surface area contributed by atoms with Gasteiger partial charge in [0, 0.05) is 6.42 Å². The molecule has 0 aromatic carbocycles. The molecular weight excluding hydrogens is 208 g/mol. The van der Waals surface area contributed by atoms with Crippen LogP contribution in [0.2, 0.25) is 0 Å². The maximum atomic E-state index is 11.1. The van der Waals surface area contributed by atoms with Crippen LogP contribution in [0.1, 0.15) is 6.42 Å². The summed E-state index contributed by atoms with van der Waals surface area (Å²) in [5.41, 5.74) is 0. The van der Waals surface area contributed by atoms with Gasteiger partial charge in [0.2, 0.25) is 0 Å². The second-order valence-corrected chi connectivity index (χ2v) is 3.38. The first-order chi connectivity index (χ1) is 6.94. The molecule has 0 bridgehead atoms. The smallest absolute Gasteiger partial charge is 0.366 e. The Morgan fingerprint density at radius 1 is 1.73 bits per heavy atom. The molecule has 1 fully saturated rings. The molecule has 4 N–H and O–H groups in total. The fourth-order valence-electron chi connectivity index (χ4n) is 1.48. The number of hydrogen-bond acceptors (Lipinski definition) is 7. The first-order valence-electron chi connectivity index (χ1n) is 4.40. The van der Waals surface area contributed by atoms with Crippen LogP contribution in [-0.4, -0.2) is 64.2 Å². The average Bonchev–Trinajstić information content (AvgIpc) is 2.53. The van der Waals surface area contributed by atoms with Crippen LogP contribution in [-0.2, 0) is 14.3 Å². The predicted octanol–water partition coefficient (Wildman–Crippen LogP) is -2.65. The number of hydrogen-bond donors (Lipinski definition) is 4. The molecule has 1 heterocycles. The molecule has 15 heavy (non-hydrogen) atoms. The summed E-state index contributed by atoms with van der Waals surface area (Å²) in [6, 6.07) is 0. The molecule has 0 aromatic heterocycles. The maximum Gasteiger partial charge on any atom is 0.366 e. The molecule has 1 unspecified atom stereocenters. The molecule has 7 heteroatoms. The van der Waals surface area contributed by atoms with Gasteiger partial charge in [-0.05, 0) is 0 Å². The summed E-state index contributed by atoms with van der Waals surface area (Å²) in [4.78, 5) is 11.1. The molecule has 1 saturated heterocycles. The third-order valence-electron chi connectivity index (χ3n) is 2.27. The van der Waals surface area contributed by atoms with Gasteiger partial charge in [-0.3, -0.25) is 0 Å². The lowest BCUT2D eigenvalue weighted by atomic mass is 10.1. The number of carbonyl (C=O) groups excluding carboxylic acids is 1. The van der Waals surface area contributed by atoms with Crippen molar-refractivity contribution >= 4 is 5.97 Å². The van der Waals surface area contributed by atoms with Crippen LogP contribution in [0, 0.1) is 0 Å². The van der Waals surface area contributed by atoms with E-state index in [0.29, 0.717) is 0 Å². The molecule has 0 aliphatic carbocycles. The summed E-state index contributed by atoms with van der Waals surface area (Å²) in [5, 5.41) is 36.9. The number of esters is 1. The minimum atomic E-state index is -2.25. The minimum absolute atomic E-state index is 0.401. The molecule has 4 atom stereocenters. The molecule has 0 spiro atoms. The van der Waals surface area contributed by atoms with Crippen molar-refractivity contribution in [1.82, 2.24) is 0 Å². The molecule has 7 nitrogen and oxygen atoms in total. The molecule has 0 aromatic rings. The van der Waals surface area contributed by atoms with Crippen molar-refractivity contribution in [2.45, 2.75) is 30.5 Å². The summed E-state index contributed by atoms with van der Waals surface area (Å²) in [6.07, 6.45) is -4.21. The van der Waals surface area contributed by atoms with E-state index in [2.05, 4.69) is 4.74 Å². The van der Waals surface area contributed by atoms with E-state index >= 15 is 0 Å². The van der Waals surface area contributed by atoms with Crippen LogP contribution in [0.25, 0.3) is 0 Å². The molecule has 1 aliphatic heterocycles. The van der Waals surface area contributed by atoms with Crippen LogP contribution in [0.15, 0.2) is 0 Å². The first kappa shape index (κ1) is 12.3. The largest absolute Gasteiger partial charge is 0.465 e. The van der Waals surface area contributed by atoms with Crippen molar-refractivity contribution in [1.29, 1.82) is 0 Å². The van der Waals surface area contributed by atoms with Gasteiger partial charge >= 0.3 is 5.97 Å². The van der Waals surface area contributed by atoms with E-state index in [-0.39, 0.29) is 0 Å². The lowest BCUT2D eigenvalue weighted by molar-refractivity contribution is -0.229. The van der Waals surface area contributed by atoms with Crippen LogP contribution >= 0.6 is 0 Å². The van der Waals surface area contributed by atoms with Crippen molar-refractivity contribution in [3.8, 4) is 0 Å². The Balaban J connectivity index is 2.73. The number of rotatable bonds is 3. The number of carbonyl (C=O) groups is 1. The standard InChI is InChI=1S/C8H14O7/c1-14-7(12)8(13)2-4(10)6(15-8)5(11)3-9/h4-6,9-11,13H,2-3H2,1H3/t4-,5-,6-,8?/m1/s1. The molecular formula is C8H14O7. The number of ether oxygens (including phenoxy) is 2. The zero-order valence-corrected chi connectivity index (χ0v) is 8.16. The predicted molar refractivity (Wildman–Crippen MR) is 45.6 cm³/mol. The molecule has 0 saturated carbocycles. The van der Waals surface area contributed by atoms with Gasteiger partial charge in [-0.1, -0.05) is 0 Å². The van der Waals surface area contributed by atoms with Crippen LogP contribution in [0.5, 0.6) is 0 Å². The highest BCUT2D eigenvalue weighted by molar-refractivity contribution is 5.77. The third-order valence-corrected chi connectivity index (χ3v) is 2.27. The fourth-order valence-corrected chi connectivity index (χ4v) is 1.48. The lowest BCUT2D eigenvalue weighted by Gasteiger charge is -2.21. The van der Waals surface area contributed by atoms with Gasteiger partial charge in [0.1, 0.15) is 12.2 Å². The third kappa shape index (κ3) is 2.27. The molecule has 88 valence electrons. The van der Waals surface area contributed by atoms with Crippen LogP contribution in [0.4, 0.5) is 0 Å². The van der Waals surface area contributed by atoms with Crippen molar-refractivity contribution in [3.63, 3.8) is 0 Å². The van der Waals surface area contributed by atoms with Crippen LogP contribution in [0.3, 0.4) is 0 Å². The Morgan fingerprint density at radius 3 is 2.80 bits per heavy atom. The summed E-state index contributed by atoms with van der Waals surface area (Å²) in [5.74, 6) is -3.30. The Hall–Kier alpha value is -0.730. The van der Waals surface area contributed by atoms with Gasteiger partial charge in [-0.2, -0.15) is 0 Å². The molecule has 1 aliphatic rings. The van der Waals surface area contributed by atoms with Gasteiger partial charge in [0.15, 0.2) is 0 Å². The Kier molecular flexibility index (Phi) is 3.63. The highest BCUT2D eigenvalue weighted by atomic mass is 16.7. The van der Waals surface area contributed by atoms with E-state index in [9.17, 15) is 20.1 Å². The van der Waals surface area contributed by atoms with E-state index in [1.54, 1.807) is 0 Å². The second kappa shape index (κ2) is 4.42. The topological polar surface area (TPSA) is 116 Å². The number of methoxy groups -OCH3 is 1. The SMILES string of the molecule is COC(=O)C1(O)C[C@@H](O)[C@H]([C@H](O)CO)O1. The van der Waals surface area contributed by atoms with Gasteiger partial charge in [-0.25, -0.2) is 4.79 Å². The lowest BCUT2D eigenvalue weighted by Crippen LogP contribution is -2.42. The van der Waals surface area contributed by atoms with Gasteiger partial charge in [-0.15, -0.1) is 0 Å². The van der Waals surface area contributed by atoms with Crippen LogP contribution < -0.4 is 0 Å². The quantitative estimate of drug-likeness (QED) is 0.385. The molecule has 0 radical (unpaired) electrons. The van der Waals surface area contributed by atoms with E-state index in [0.717, 1.165) is 7.11 Å². The van der Waals surface area contributed by atoms with E-state index in [1.807, 2.05) is 0 Å². The van der Waals surface area contributed by atoms with Crippen molar-refractivity contribution in [2.24, 2.45) is 0 Å². The molecule has 1 rings (SSSR count). The zero-order chi connectivity index (χ0) is 11.6. The number of aliphatic hydroxyl groups excluding tert-OH is 3. The van der Waals surface area contributed by atoms with E-state index in [1.165, 1.54) is 0 Å². The highest BCUT2D eigenvalue weighted by Crippen LogP contribution is 2.31. The summed E-state index contributed by atoms with van der Waals surface area (Å²) < 4.78 is 9.07. The Bertz CT molecular complexity index is 243. The summed E-state index contributed by atoms with van der Waals surface area (Å²) >= 11 is 0. The highest BCUT2D eigenvalue weighted by Gasteiger charge is 2.53. The van der Waals surface area contributed by atoms with Crippen molar-refractivity contribution < 1.29 is 34.7 Å².